The molecule has 0 aliphatic heterocycles. The zero-order valence-corrected chi connectivity index (χ0v) is 11.2. The molecule has 0 saturated carbocycles. The highest BCUT2D eigenvalue weighted by Gasteiger charge is 2.08. The van der Waals surface area contributed by atoms with Crippen LogP contribution in [0.15, 0.2) is 12.4 Å². The number of rotatable bonds is 9. The second-order valence-corrected chi connectivity index (χ2v) is 4.20. The molecule has 0 aliphatic rings. The standard InChI is InChI=1S/C12H20N4O3/c1-9(6-12(17)18)16-11-7-10(14-8-15-11)13-4-3-5-19-2/h7-9H,3-6H2,1-2H3,(H,17,18)(H2,13,14,15,16). The molecular formula is C12H20N4O3. The molecule has 19 heavy (non-hydrogen) atoms. The fraction of sp³-hybridized carbons (Fsp3) is 0.583. The Kier molecular flexibility index (Phi) is 6.59. The number of hydrogen-bond donors (Lipinski definition) is 3. The number of hydrogen-bond acceptors (Lipinski definition) is 6. The highest BCUT2D eigenvalue weighted by Crippen LogP contribution is 2.10. The quantitative estimate of drug-likeness (QED) is 0.579. The number of carboxylic acids is 1. The molecule has 1 aromatic rings. The van der Waals surface area contributed by atoms with Crippen molar-refractivity contribution in [2.75, 3.05) is 30.9 Å². The first-order valence-corrected chi connectivity index (χ1v) is 6.15. The lowest BCUT2D eigenvalue weighted by atomic mass is 10.2. The van der Waals surface area contributed by atoms with E-state index in [0.717, 1.165) is 13.0 Å². The van der Waals surface area contributed by atoms with Gasteiger partial charge in [0.15, 0.2) is 0 Å². The molecular weight excluding hydrogens is 248 g/mol. The van der Waals surface area contributed by atoms with Gasteiger partial charge in [0.1, 0.15) is 18.0 Å². The van der Waals surface area contributed by atoms with Crippen molar-refractivity contribution in [2.45, 2.75) is 25.8 Å². The Morgan fingerprint density at radius 3 is 2.89 bits per heavy atom. The minimum Gasteiger partial charge on any atom is -0.481 e. The van der Waals surface area contributed by atoms with Crippen LogP contribution in [0.3, 0.4) is 0 Å². The number of aliphatic carboxylic acids is 1. The van der Waals surface area contributed by atoms with E-state index < -0.39 is 5.97 Å². The number of nitrogens with one attached hydrogen (secondary N) is 2. The summed E-state index contributed by atoms with van der Waals surface area (Å²) in [5.74, 6) is 0.473. The number of aromatic nitrogens is 2. The van der Waals surface area contributed by atoms with Crippen LogP contribution in [-0.4, -0.2) is 47.3 Å². The third-order valence-corrected chi connectivity index (χ3v) is 2.37. The Morgan fingerprint density at radius 2 is 2.21 bits per heavy atom. The number of ether oxygens (including phenoxy) is 1. The van der Waals surface area contributed by atoms with Gasteiger partial charge < -0.3 is 20.5 Å². The third-order valence-electron chi connectivity index (χ3n) is 2.37. The van der Waals surface area contributed by atoms with E-state index in [1.54, 1.807) is 20.1 Å². The normalized spacial score (nSPS) is 11.9. The molecule has 1 heterocycles. The van der Waals surface area contributed by atoms with E-state index in [1.165, 1.54) is 6.33 Å². The largest absolute Gasteiger partial charge is 0.481 e. The molecule has 1 unspecified atom stereocenters. The first kappa shape index (κ1) is 15.2. The smallest absolute Gasteiger partial charge is 0.305 e. The van der Waals surface area contributed by atoms with Crippen LogP contribution in [0.2, 0.25) is 0 Å². The lowest BCUT2D eigenvalue weighted by Gasteiger charge is -2.13. The Balaban J connectivity index is 2.45. The minimum atomic E-state index is -0.841. The van der Waals surface area contributed by atoms with Gasteiger partial charge in [-0.1, -0.05) is 0 Å². The Morgan fingerprint density at radius 1 is 1.47 bits per heavy atom. The van der Waals surface area contributed by atoms with Gasteiger partial charge >= 0.3 is 5.97 Å². The molecule has 1 aromatic heterocycles. The highest BCUT2D eigenvalue weighted by atomic mass is 16.5. The van der Waals surface area contributed by atoms with Gasteiger partial charge in [-0.05, 0) is 13.3 Å². The molecule has 7 heteroatoms. The molecule has 1 atom stereocenters. The summed E-state index contributed by atoms with van der Waals surface area (Å²) in [5, 5.41) is 14.9. The van der Waals surface area contributed by atoms with Gasteiger partial charge in [0.25, 0.3) is 0 Å². The molecule has 0 aromatic carbocycles. The van der Waals surface area contributed by atoms with E-state index in [0.29, 0.717) is 18.2 Å². The van der Waals surface area contributed by atoms with Gasteiger partial charge in [-0.2, -0.15) is 0 Å². The first-order chi connectivity index (χ1) is 9.11. The number of carbonyl (C=O) groups is 1. The van der Waals surface area contributed by atoms with Crippen molar-refractivity contribution in [1.82, 2.24) is 9.97 Å². The Hall–Kier alpha value is -1.89. The van der Waals surface area contributed by atoms with E-state index in [-0.39, 0.29) is 12.5 Å². The third kappa shape index (κ3) is 6.56. The maximum atomic E-state index is 10.6. The molecule has 1 rings (SSSR count). The molecule has 0 radical (unpaired) electrons. The van der Waals surface area contributed by atoms with Crippen LogP contribution in [0.5, 0.6) is 0 Å². The van der Waals surface area contributed by atoms with E-state index in [1.807, 2.05) is 0 Å². The van der Waals surface area contributed by atoms with Crippen molar-refractivity contribution < 1.29 is 14.6 Å². The molecule has 3 N–H and O–H groups in total. The van der Waals surface area contributed by atoms with Crippen molar-refractivity contribution in [2.24, 2.45) is 0 Å². The van der Waals surface area contributed by atoms with Crippen LogP contribution in [0, 0.1) is 0 Å². The van der Waals surface area contributed by atoms with Crippen molar-refractivity contribution >= 4 is 17.6 Å². The van der Waals surface area contributed by atoms with Gasteiger partial charge in [0, 0.05) is 32.4 Å². The average Bonchev–Trinajstić information content (AvgIpc) is 2.34. The van der Waals surface area contributed by atoms with Gasteiger partial charge in [-0.25, -0.2) is 9.97 Å². The van der Waals surface area contributed by atoms with Crippen LogP contribution >= 0.6 is 0 Å². The maximum absolute atomic E-state index is 10.6. The molecule has 0 aliphatic carbocycles. The predicted molar refractivity (Wildman–Crippen MR) is 72.4 cm³/mol. The monoisotopic (exact) mass is 268 g/mol. The summed E-state index contributed by atoms with van der Waals surface area (Å²) in [6.45, 7) is 3.25. The molecule has 106 valence electrons. The van der Waals surface area contributed by atoms with Crippen LogP contribution in [-0.2, 0) is 9.53 Å². The SMILES string of the molecule is COCCCNc1cc(NC(C)CC(=O)O)ncn1. The lowest BCUT2D eigenvalue weighted by molar-refractivity contribution is -0.137. The van der Waals surface area contributed by atoms with Crippen LogP contribution in [0.25, 0.3) is 0 Å². The summed E-state index contributed by atoms with van der Waals surface area (Å²) in [5.41, 5.74) is 0. The highest BCUT2D eigenvalue weighted by molar-refractivity contribution is 5.68. The summed E-state index contributed by atoms with van der Waals surface area (Å²) < 4.78 is 4.95. The van der Waals surface area contributed by atoms with Crippen molar-refractivity contribution in [3.8, 4) is 0 Å². The van der Waals surface area contributed by atoms with Gasteiger partial charge in [-0.15, -0.1) is 0 Å². The molecule has 0 fully saturated rings. The van der Waals surface area contributed by atoms with Crippen molar-refractivity contribution in [3.05, 3.63) is 12.4 Å². The van der Waals surface area contributed by atoms with Gasteiger partial charge in [0.05, 0.1) is 6.42 Å². The number of carboxylic acid groups (broad SMARTS) is 1. The molecule has 0 spiro atoms. The molecule has 0 saturated heterocycles. The minimum absolute atomic E-state index is 0.0423. The molecule has 7 nitrogen and oxygen atoms in total. The summed E-state index contributed by atoms with van der Waals surface area (Å²) in [7, 11) is 1.66. The first-order valence-electron chi connectivity index (χ1n) is 6.15. The Labute approximate surface area is 112 Å². The fourth-order valence-corrected chi connectivity index (χ4v) is 1.53. The second-order valence-electron chi connectivity index (χ2n) is 4.20. The number of anilines is 2. The topological polar surface area (TPSA) is 96.4 Å². The predicted octanol–water partition coefficient (Wildman–Crippen LogP) is 1.20. The molecule has 0 amide bonds. The van der Waals surface area contributed by atoms with Gasteiger partial charge in [0.2, 0.25) is 0 Å². The summed E-state index contributed by atoms with van der Waals surface area (Å²) in [6, 6.07) is 1.57. The van der Waals surface area contributed by atoms with E-state index >= 15 is 0 Å². The number of methoxy groups -OCH3 is 1. The zero-order chi connectivity index (χ0) is 14.1. The lowest BCUT2D eigenvalue weighted by Crippen LogP contribution is -2.20. The summed E-state index contributed by atoms with van der Waals surface area (Å²) >= 11 is 0. The van der Waals surface area contributed by atoms with Crippen LogP contribution < -0.4 is 10.6 Å². The van der Waals surface area contributed by atoms with E-state index in [9.17, 15) is 4.79 Å². The summed E-state index contributed by atoms with van der Waals surface area (Å²) in [6.07, 6.45) is 2.37. The maximum Gasteiger partial charge on any atom is 0.305 e. The fourth-order valence-electron chi connectivity index (χ4n) is 1.53. The van der Waals surface area contributed by atoms with Gasteiger partial charge in [-0.3, -0.25) is 4.79 Å². The zero-order valence-electron chi connectivity index (χ0n) is 11.2. The van der Waals surface area contributed by atoms with Crippen molar-refractivity contribution in [3.63, 3.8) is 0 Å². The van der Waals surface area contributed by atoms with Crippen LogP contribution in [0.1, 0.15) is 19.8 Å². The Bertz CT molecular complexity index is 400. The second kappa shape index (κ2) is 8.25. The van der Waals surface area contributed by atoms with Crippen LogP contribution in [0.4, 0.5) is 11.6 Å². The average molecular weight is 268 g/mol. The van der Waals surface area contributed by atoms with Crippen molar-refractivity contribution in [1.29, 1.82) is 0 Å². The molecule has 0 bridgehead atoms. The number of nitrogens with zero attached hydrogens (tertiary/aromatic N) is 2. The summed E-state index contributed by atoms with van der Waals surface area (Å²) in [4.78, 5) is 18.7. The van der Waals surface area contributed by atoms with E-state index in [2.05, 4.69) is 20.6 Å². The van der Waals surface area contributed by atoms with E-state index in [4.69, 9.17) is 9.84 Å².